The maximum absolute atomic E-state index is 12.9. The van der Waals surface area contributed by atoms with E-state index in [4.69, 9.17) is 11.6 Å². The molecule has 0 saturated heterocycles. The van der Waals surface area contributed by atoms with Crippen LogP contribution in [0, 0.1) is 0 Å². The average Bonchev–Trinajstić information content (AvgIpc) is 3.13. The van der Waals surface area contributed by atoms with Crippen LogP contribution in [0.25, 0.3) is 10.4 Å². The van der Waals surface area contributed by atoms with Gasteiger partial charge in [-0.1, -0.05) is 17.7 Å². The number of hydrogen-bond acceptors (Lipinski definition) is 2. The summed E-state index contributed by atoms with van der Waals surface area (Å²) in [7, 11) is 0. The zero-order valence-electron chi connectivity index (χ0n) is 11.0. The second-order valence-corrected chi connectivity index (χ2v) is 6.69. The third-order valence-electron chi connectivity index (χ3n) is 3.36. The van der Waals surface area contributed by atoms with Crippen LogP contribution in [0.15, 0.2) is 30.3 Å². The van der Waals surface area contributed by atoms with Crippen LogP contribution in [-0.2, 0) is 12.7 Å². The van der Waals surface area contributed by atoms with Crippen LogP contribution in [0.4, 0.5) is 13.2 Å². The highest BCUT2D eigenvalue weighted by Gasteiger charge is 2.33. The molecule has 0 spiro atoms. The van der Waals surface area contributed by atoms with E-state index in [-0.39, 0.29) is 5.02 Å². The summed E-state index contributed by atoms with van der Waals surface area (Å²) in [6.45, 7) is 0.773. The Morgan fingerprint density at radius 2 is 1.95 bits per heavy atom. The smallest absolute Gasteiger partial charge is 0.309 e. The van der Waals surface area contributed by atoms with Crippen LogP contribution in [0.5, 0.6) is 0 Å². The molecule has 0 aliphatic heterocycles. The van der Waals surface area contributed by atoms with E-state index in [1.54, 1.807) is 6.07 Å². The van der Waals surface area contributed by atoms with Crippen molar-refractivity contribution in [2.45, 2.75) is 31.6 Å². The van der Waals surface area contributed by atoms with Gasteiger partial charge in [0.05, 0.1) is 10.6 Å². The topological polar surface area (TPSA) is 12.0 Å². The molecule has 0 unspecified atom stereocenters. The Kier molecular flexibility index (Phi) is 3.99. The number of hydrogen-bond donors (Lipinski definition) is 1. The summed E-state index contributed by atoms with van der Waals surface area (Å²) < 4.78 is 38.6. The molecular weight excluding hydrogens is 319 g/mol. The molecule has 0 bridgehead atoms. The summed E-state index contributed by atoms with van der Waals surface area (Å²) >= 11 is 7.15. The Hall–Kier alpha value is -1.04. The molecule has 1 fully saturated rings. The molecule has 1 nitrogen and oxygen atoms in total. The highest BCUT2D eigenvalue weighted by atomic mass is 35.5. The summed E-state index contributed by atoms with van der Waals surface area (Å²) in [5, 5.41) is 3.13. The molecule has 1 heterocycles. The minimum Gasteiger partial charge on any atom is -0.309 e. The minimum atomic E-state index is -4.43. The number of rotatable bonds is 4. The first-order valence-electron chi connectivity index (χ1n) is 6.63. The van der Waals surface area contributed by atoms with Crippen molar-refractivity contribution in [3.8, 4) is 10.4 Å². The standard InChI is InChI=1S/C15H13ClF3NS/c16-13-5-1-9(7-12(13)15(17,18)19)14-6-4-11(21-14)8-20-10-2-3-10/h1,4-7,10,20H,2-3,8H2. The third kappa shape index (κ3) is 3.59. The third-order valence-corrected chi connectivity index (χ3v) is 4.82. The monoisotopic (exact) mass is 331 g/mol. The van der Waals surface area contributed by atoms with Gasteiger partial charge in [-0.25, -0.2) is 0 Å². The van der Waals surface area contributed by atoms with Gasteiger partial charge in [-0.05, 0) is 42.7 Å². The molecule has 2 aromatic rings. The molecule has 1 saturated carbocycles. The van der Waals surface area contributed by atoms with Crippen molar-refractivity contribution in [3.63, 3.8) is 0 Å². The van der Waals surface area contributed by atoms with E-state index in [9.17, 15) is 13.2 Å². The Bertz CT molecular complexity index is 647. The van der Waals surface area contributed by atoms with Gasteiger partial charge in [0.2, 0.25) is 0 Å². The number of alkyl halides is 3. The number of benzene rings is 1. The first kappa shape index (κ1) is 14.9. The predicted octanol–water partition coefficient (Wildman–Crippen LogP) is 5.34. The lowest BCUT2D eigenvalue weighted by atomic mass is 10.1. The van der Waals surface area contributed by atoms with E-state index in [0.717, 1.165) is 22.4 Å². The Morgan fingerprint density at radius 3 is 2.62 bits per heavy atom. The van der Waals surface area contributed by atoms with E-state index in [1.165, 1.54) is 30.2 Å². The largest absolute Gasteiger partial charge is 0.417 e. The molecule has 1 aromatic carbocycles. The van der Waals surface area contributed by atoms with Crippen molar-refractivity contribution in [2.75, 3.05) is 0 Å². The highest BCUT2D eigenvalue weighted by molar-refractivity contribution is 7.15. The lowest BCUT2D eigenvalue weighted by Crippen LogP contribution is -2.14. The van der Waals surface area contributed by atoms with E-state index >= 15 is 0 Å². The van der Waals surface area contributed by atoms with Gasteiger partial charge in [-0.3, -0.25) is 0 Å². The molecule has 0 atom stereocenters. The molecule has 3 rings (SSSR count). The molecule has 0 amide bonds. The molecule has 6 heteroatoms. The van der Waals surface area contributed by atoms with Gasteiger partial charge in [0.15, 0.2) is 0 Å². The van der Waals surface area contributed by atoms with Crippen molar-refractivity contribution >= 4 is 22.9 Å². The summed E-state index contributed by atoms with van der Waals surface area (Å²) in [6, 6.07) is 8.48. The van der Waals surface area contributed by atoms with Crippen LogP contribution >= 0.6 is 22.9 Å². The zero-order chi connectivity index (χ0) is 15.0. The van der Waals surface area contributed by atoms with Crippen LogP contribution in [0.1, 0.15) is 23.3 Å². The van der Waals surface area contributed by atoms with E-state index in [0.29, 0.717) is 11.6 Å². The first-order valence-corrected chi connectivity index (χ1v) is 7.82. The van der Waals surface area contributed by atoms with Crippen LogP contribution in [0.3, 0.4) is 0 Å². The second-order valence-electron chi connectivity index (χ2n) is 5.11. The lowest BCUT2D eigenvalue weighted by molar-refractivity contribution is -0.137. The molecular formula is C15H13ClF3NS. The van der Waals surface area contributed by atoms with Gasteiger partial charge in [-0.15, -0.1) is 11.3 Å². The van der Waals surface area contributed by atoms with E-state index < -0.39 is 11.7 Å². The maximum Gasteiger partial charge on any atom is 0.417 e. The molecule has 21 heavy (non-hydrogen) atoms. The van der Waals surface area contributed by atoms with Gasteiger partial charge in [0.1, 0.15) is 0 Å². The van der Waals surface area contributed by atoms with Gasteiger partial charge in [0, 0.05) is 22.3 Å². The molecule has 1 N–H and O–H groups in total. The van der Waals surface area contributed by atoms with Gasteiger partial charge >= 0.3 is 6.18 Å². The Labute approximate surface area is 129 Å². The second kappa shape index (κ2) is 5.63. The van der Waals surface area contributed by atoms with Gasteiger partial charge in [-0.2, -0.15) is 13.2 Å². The van der Waals surface area contributed by atoms with Crippen molar-refractivity contribution < 1.29 is 13.2 Å². The molecule has 0 radical (unpaired) electrons. The van der Waals surface area contributed by atoms with Crippen LogP contribution in [-0.4, -0.2) is 6.04 Å². The lowest BCUT2D eigenvalue weighted by Gasteiger charge is -2.10. The molecule has 1 aromatic heterocycles. The normalized spacial score (nSPS) is 15.4. The van der Waals surface area contributed by atoms with Gasteiger partial charge < -0.3 is 5.32 Å². The highest BCUT2D eigenvalue weighted by Crippen LogP contribution is 2.38. The number of thiophene rings is 1. The quantitative estimate of drug-likeness (QED) is 0.797. The Balaban J connectivity index is 1.82. The van der Waals surface area contributed by atoms with Crippen molar-refractivity contribution in [3.05, 3.63) is 45.8 Å². The molecule has 1 aliphatic rings. The van der Waals surface area contributed by atoms with Gasteiger partial charge in [0.25, 0.3) is 0 Å². The summed E-state index contributed by atoms with van der Waals surface area (Å²) in [5.41, 5.74) is -0.234. The maximum atomic E-state index is 12.9. The molecule has 1 aliphatic carbocycles. The van der Waals surface area contributed by atoms with E-state index in [1.807, 2.05) is 12.1 Å². The van der Waals surface area contributed by atoms with E-state index in [2.05, 4.69) is 5.32 Å². The van der Waals surface area contributed by atoms with Crippen LogP contribution < -0.4 is 5.32 Å². The fourth-order valence-corrected chi connectivity index (χ4v) is 3.24. The summed E-state index contributed by atoms with van der Waals surface area (Å²) in [6.07, 6.45) is -2.00. The summed E-state index contributed by atoms with van der Waals surface area (Å²) in [5.74, 6) is 0. The molecule has 112 valence electrons. The average molecular weight is 332 g/mol. The van der Waals surface area contributed by atoms with Crippen molar-refractivity contribution in [2.24, 2.45) is 0 Å². The van der Waals surface area contributed by atoms with Crippen molar-refractivity contribution in [1.29, 1.82) is 0 Å². The summed E-state index contributed by atoms with van der Waals surface area (Å²) in [4.78, 5) is 1.95. The number of halogens is 4. The first-order chi connectivity index (χ1) is 9.93. The fourth-order valence-electron chi connectivity index (χ4n) is 2.06. The predicted molar refractivity (Wildman–Crippen MR) is 79.6 cm³/mol. The minimum absolute atomic E-state index is 0.265. The zero-order valence-corrected chi connectivity index (χ0v) is 12.6. The van der Waals surface area contributed by atoms with Crippen LogP contribution in [0.2, 0.25) is 5.02 Å². The van der Waals surface area contributed by atoms with Crippen molar-refractivity contribution in [1.82, 2.24) is 5.32 Å². The fraction of sp³-hybridized carbons (Fsp3) is 0.333. The Morgan fingerprint density at radius 1 is 1.19 bits per heavy atom. The number of nitrogens with one attached hydrogen (secondary N) is 1. The SMILES string of the molecule is FC(F)(F)c1cc(-c2ccc(CNC3CC3)s2)ccc1Cl.